The van der Waals surface area contributed by atoms with Crippen molar-refractivity contribution in [2.24, 2.45) is 0 Å². The zero-order valence-electron chi connectivity index (χ0n) is 22.0. The van der Waals surface area contributed by atoms with E-state index in [1.807, 2.05) is 32.9 Å². The molecule has 1 aromatic carbocycles. The van der Waals surface area contributed by atoms with Crippen molar-refractivity contribution in [1.82, 2.24) is 20.4 Å². The van der Waals surface area contributed by atoms with Crippen LogP contribution < -0.4 is 16.0 Å². The first-order valence-electron chi connectivity index (χ1n) is 13.3. The van der Waals surface area contributed by atoms with Gasteiger partial charge in [0.05, 0.1) is 6.54 Å². The zero-order chi connectivity index (χ0) is 26.6. The van der Waals surface area contributed by atoms with Gasteiger partial charge in [-0.3, -0.25) is 24.6 Å². The van der Waals surface area contributed by atoms with Crippen molar-refractivity contribution in [2.45, 2.75) is 76.5 Å². The van der Waals surface area contributed by atoms with Gasteiger partial charge in [-0.05, 0) is 83.2 Å². The fourth-order valence-electron chi connectivity index (χ4n) is 5.16. The number of nitrogens with one attached hydrogen (secondary N) is 3. The Labute approximate surface area is 218 Å². The maximum atomic E-state index is 12.6. The molecule has 3 N–H and O–H groups in total. The number of nitrogens with zero attached hydrogens (tertiary/aromatic N) is 2. The molecule has 37 heavy (non-hydrogen) atoms. The number of ether oxygens (including phenoxy) is 1. The van der Waals surface area contributed by atoms with Crippen LogP contribution in [0.4, 0.5) is 10.5 Å². The Hall–Kier alpha value is -3.14. The number of hydrogen-bond donors (Lipinski definition) is 3. The molecule has 202 valence electrons. The van der Waals surface area contributed by atoms with Crippen LogP contribution in [0, 0.1) is 0 Å². The van der Waals surface area contributed by atoms with Crippen molar-refractivity contribution in [1.29, 1.82) is 0 Å². The molecule has 10 nitrogen and oxygen atoms in total. The van der Waals surface area contributed by atoms with Gasteiger partial charge in [0.1, 0.15) is 11.6 Å². The smallest absolute Gasteiger partial charge is 0.410 e. The Balaban J connectivity index is 1.17. The van der Waals surface area contributed by atoms with Crippen LogP contribution >= 0.6 is 0 Å². The minimum absolute atomic E-state index is 0.00151. The number of carbonyl (C=O) groups is 4. The zero-order valence-corrected chi connectivity index (χ0v) is 22.0. The van der Waals surface area contributed by atoms with Gasteiger partial charge in [0.15, 0.2) is 0 Å². The van der Waals surface area contributed by atoms with Crippen LogP contribution in [0.3, 0.4) is 0 Å². The highest BCUT2D eigenvalue weighted by atomic mass is 16.6. The van der Waals surface area contributed by atoms with E-state index in [9.17, 15) is 19.2 Å². The summed E-state index contributed by atoms with van der Waals surface area (Å²) >= 11 is 0. The summed E-state index contributed by atoms with van der Waals surface area (Å²) < 4.78 is 5.43. The van der Waals surface area contributed by atoms with E-state index in [0.29, 0.717) is 38.4 Å². The predicted octanol–water partition coefficient (Wildman–Crippen LogP) is 2.21. The molecule has 1 aromatic rings. The monoisotopic (exact) mass is 513 g/mol. The lowest BCUT2D eigenvalue weighted by Gasteiger charge is -2.32. The second-order valence-corrected chi connectivity index (χ2v) is 11.3. The Bertz CT molecular complexity index is 997. The van der Waals surface area contributed by atoms with Crippen LogP contribution in [0.25, 0.3) is 0 Å². The summed E-state index contributed by atoms with van der Waals surface area (Å²) in [5, 5.41) is 8.66. The number of imide groups is 1. The first kappa shape index (κ1) is 26.9. The first-order valence-corrected chi connectivity index (χ1v) is 13.3. The van der Waals surface area contributed by atoms with Gasteiger partial charge in [0, 0.05) is 31.2 Å². The van der Waals surface area contributed by atoms with Crippen LogP contribution in [-0.2, 0) is 19.1 Å². The molecule has 3 fully saturated rings. The lowest BCUT2D eigenvalue weighted by molar-refractivity contribution is -0.133. The summed E-state index contributed by atoms with van der Waals surface area (Å²) in [6.45, 7) is 8.68. The maximum Gasteiger partial charge on any atom is 0.410 e. The SMILES string of the molecule is CC(C)(C)OC(=O)N1CCC(NC(=O)CN2CCC(c3ccc(NC4CCC(=O)NC4=O)cc3)CC2)C1. The van der Waals surface area contributed by atoms with Gasteiger partial charge in [0.2, 0.25) is 17.7 Å². The molecular formula is C27H39N5O5. The van der Waals surface area contributed by atoms with E-state index in [-0.39, 0.29) is 35.9 Å². The number of piperidine rings is 2. The third kappa shape index (κ3) is 7.67. The molecule has 10 heteroatoms. The minimum Gasteiger partial charge on any atom is -0.444 e. The summed E-state index contributed by atoms with van der Waals surface area (Å²) in [4.78, 5) is 52.0. The van der Waals surface area contributed by atoms with Gasteiger partial charge in [-0.2, -0.15) is 0 Å². The van der Waals surface area contributed by atoms with Crippen molar-refractivity contribution in [3.05, 3.63) is 29.8 Å². The van der Waals surface area contributed by atoms with Crippen molar-refractivity contribution in [3.8, 4) is 0 Å². The quantitative estimate of drug-likeness (QED) is 0.499. The predicted molar refractivity (Wildman–Crippen MR) is 139 cm³/mol. The fraction of sp³-hybridized carbons (Fsp3) is 0.630. The molecule has 2 atom stereocenters. The molecule has 3 heterocycles. The van der Waals surface area contributed by atoms with Gasteiger partial charge in [-0.1, -0.05) is 12.1 Å². The number of carbonyl (C=O) groups excluding carboxylic acids is 4. The van der Waals surface area contributed by atoms with E-state index in [4.69, 9.17) is 4.74 Å². The lowest BCUT2D eigenvalue weighted by atomic mass is 9.89. The molecule has 3 saturated heterocycles. The van der Waals surface area contributed by atoms with E-state index in [0.717, 1.165) is 38.0 Å². The molecule has 3 aliphatic rings. The number of hydrogen-bond acceptors (Lipinski definition) is 7. The summed E-state index contributed by atoms with van der Waals surface area (Å²) in [7, 11) is 0. The topological polar surface area (TPSA) is 120 Å². The van der Waals surface area contributed by atoms with E-state index in [2.05, 4.69) is 33.0 Å². The number of amides is 4. The van der Waals surface area contributed by atoms with Crippen molar-refractivity contribution < 1.29 is 23.9 Å². The highest BCUT2D eigenvalue weighted by Crippen LogP contribution is 2.29. The average Bonchev–Trinajstić information content (AvgIpc) is 3.29. The number of rotatable bonds is 6. The molecule has 0 aromatic heterocycles. The molecule has 2 unspecified atom stereocenters. The van der Waals surface area contributed by atoms with Gasteiger partial charge in [-0.25, -0.2) is 4.79 Å². The Morgan fingerprint density at radius 1 is 1.03 bits per heavy atom. The van der Waals surface area contributed by atoms with Gasteiger partial charge >= 0.3 is 6.09 Å². The molecule has 0 bridgehead atoms. The molecule has 4 amide bonds. The van der Waals surface area contributed by atoms with E-state index >= 15 is 0 Å². The van der Waals surface area contributed by atoms with Crippen molar-refractivity contribution in [2.75, 3.05) is 38.0 Å². The molecule has 4 rings (SSSR count). The first-order chi connectivity index (χ1) is 17.6. The second kappa shape index (κ2) is 11.5. The lowest BCUT2D eigenvalue weighted by Crippen LogP contribution is -2.47. The van der Waals surface area contributed by atoms with E-state index < -0.39 is 5.60 Å². The standard InChI is InChI=1S/C27H39N5O5/c1-27(2,3)37-26(36)32-15-12-21(16-32)29-24(34)17-31-13-10-19(11-14-31)18-4-6-20(7-5-18)28-22-8-9-23(33)30-25(22)35/h4-7,19,21-22,28H,8-17H2,1-3H3,(H,29,34)(H,30,33,35). The maximum absolute atomic E-state index is 12.6. The van der Waals surface area contributed by atoms with E-state index in [1.165, 1.54) is 5.56 Å². The molecule has 0 spiro atoms. The largest absolute Gasteiger partial charge is 0.444 e. The van der Waals surface area contributed by atoms with Crippen molar-refractivity contribution in [3.63, 3.8) is 0 Å². The Morgan fingerprint density at radius 2 is 1.73 bits per heavy atom. The van der Waals surface area contributed by atoms with Crippen molar-refractivity contribution >= 4 is 29.5 Å². The van der Waals surface area contributed by atoms with Crippen LogP contribution in [0.15, 0.2) is 24.3 Å². The molecule has 3 aliphatic heterocycles. The number of benzene rings is 1. The molecule has 0 aliphatic carbocycles. The highest BCUT2D eigenvalue weighted by molar-refractivity contribution is 6.01. The summed E-state index contributed by atoms with van der Waals surface area (Å²) in [6, 6.07) is 7.74. The molecular weight excluding hydrogens is 474 g/mol. The van der Waals surface area contributed by atoms with Crippen LogP contribution in [0.5, 0.6) is 0 Å². The third-order valence-electron chi connectivity index (χ3n) is 7.12. The van der Waals surface area contributed by atoms with E-state index in [1.54, 1.807) is 4.90 Å². The second-order valence-electron chi connectivity index (χ2n) is 11.3. The molecule has 0 radical (unpaired) electrons. The Kier molecular flexibility index (Phi) is 8.36. The average molecular weight is 514 g/mol. The minimum atomic E-state index is -0.529. The summed E-state index contributed by atoms with van der Waals surface area (Å²) in [5.74, 6) is -0.0600. The van der Waals surface area contributed by atoms with Gasteiger partial charge < -0.3 is 20.3 Å². The molecule has 0 saturated carbocycles. The normalized spacial score (nSPS) is 23.5. The third-order valence-corrected chi connectivity index (χ3v) is 7.12. The Morgan fingerprint density at radius 3 is 2.38 bits per heavy atom. The summed E-state index contributed by atoms with van der Waals surface area (Å²) in [5.41, 5.74) is 1.59. The van der Waals surface area contributed by atoms with Gasteiger partial charge in [-0.15, -0.1) is 0 Å². The highest BCUT2D eigenvalue weighted by Gasteiger charge is 2.31. The number of likely N-dealkylation sites (tertiary alicyclic amines) is 2. The van der Waals surface area contributed by atoms with Gasteiger partial charge in [0.25, 0.3) is 0 Å². The summed E-state index contributed by atoms with van der Waals surface area (Å²) in [6.07, 6.45) is 3.21. The van der Waals surface area contributed by atoms with Crippen LogP contribution in [0.2, 0.25) is 0 Å². The van der Waals surface area contributed by atoms with Crippen LogP contribution in [-0.4, -0.2) is 84.0 Å². The number of anilines is 1. The van der Waals surface area contributed by atoms with Crippen LogP contribution in [0.1, 0.15) is 64.4 Å². The fourth-order valence-corrected chi connectivity index (χ4v) is 5.16.